The van der Waals surface area contributed by atoms with Crippen LogP contribution in [0.4, 0.5) is 0 Å². The van der Waals surface area contributed by atoms with E-state index < -0.39 is 10.1 Å². The Labute approximate surface area is 212 Å². The summed E-state index contributed by atoms with van der Waals surface area (Å²) in [7, 11) is -4.44. The summed E-state index contributed by atoms with van der Waals surface area (Å²) >= 11 is 0. The fourth-order valence-corrected chi connectivity index (χ4v) is 4.73. The summed E-state index contributed by atoms with van der Waals surface area (Å²) in [4.78, 5) is -0.115. The van der Waals surface area contributed by atoms with Crippen LogP contribution in [-0.4, -0.2) is 13.0 Å². The molecule has 2 aromatic rings. The molecule has 0 aliphatic rings. The van der Waals surface area contributed by atoms with E-state index in [9.17, 15) is 13.0 Å². The molecule has 0 spiro atoms. The van der Waals surface area contributed by atoms with Crippen LogP contribution in [0.1, 0.15) is 102 Å². The van der Waals surface area contributed by atoms with Gasteiger partial charge in [0.25, 0.3) is 0 Å². The standard InChI is InChI=1S/C26H40O3S.Na/c1-3-5-7-9-11-13-15-22-17-18-23(16-14-12-10-8-6-4-2)26-21-24(30(27,28)29)19-20-25(22)26;/h17-21H,3-16H2,1-2H3,(H,27,28,29);/q;+1/p-1. The summed E-state index contributed by atoms with van der Waals surface area (Å²) in [5.41, 5.74) is 2.43. The topological polar surface area (TPSA) is 57.2 Å². The van der Waals surface area contributed by atoms with Crippen LogP contribution in [0.25, 0.3) is 10.8 Å². The van der Waals surface area contributed by atoms with Crippen LogP contribution in [0, 0.1) is 0 Å². The summed E-state index contributed by atoms with van der Waals surface area (Å²) in [6.07, 6.45) is 16.8. The molecule has 31 heavy (non-hydrogen) atoms. The predicted molar refractivity (Wildman–Crippen MR) is 126 cm³/mol. The molecule has 0 aliphatic heterocycles. The van der Waals surface area contributed by atoms with Crippen LogP contribution in [0.2, 0.25) is 0 Å². The van der Waals surface area contributed by atoms with Crippen molar-refractivity contribution in [1.29, 1.82) is 0 Å². The maximum Gasteiger partial charge on any atom is 1.00 e. The van der Waals surface area contributed by atoms with Crippen molar-refractivity contribution in [3.05, 3.63) is 41.5 Å². The number of hydrogen-bond acceptors (Lipinski definition) is 3. The van der Waals surface area contributed by atoms with Gasteiger partial charge in [-0.1, -0.05) is 96.3 Å². The molecule has 3 nitrogen and oxygen atoms in total. The second kappa shape index (κ2) is 15.4. The number of rotatable bonds is 15. The second-order valence-corrected chi connectivity index (χ2v) is 9.96. The van der Waals surface area contributed by atoms with Gasteiger partial charge in [0.05, 0.1) is 4.90 Å². The number of unbranched alkanes of at least 4 members (excludes halogenated alkanes) is 10. The van der Waals surface area contributed by atoms with E-state index in [0.29, 0.717) is 0 Å². The first-order chi connectivity index (χ1) is 14.5. The van der Waals surface area contributed by atoms with Gasteiger partial charge in [-0.15, -0.1) is 0 Å². The van der Waals surface area contributed by atoms with Crippen molar-refractivity contribution >= 4 is 20.9 Å². The minimum Gasteiger partial charge on any atom is -0.744 e. The molecular weight excluding hydrogens is 415 g/mol. The maximum atomic E-state index is 11.6. The molecular formula is C26H39NaO3S. The number of aryl methyl sites for hydroxylation is 2. The Balaban J connectivity index is 0.00000480. The Morgan fingerprint density at radius 2 is 1.10 bits per heavy atom. The van der Waals surface area contributed by atoms with Crippen LogP contribution >= 0.6 is 0 Å². The average molecular weight is 455 g/mol. The van der Waals surface area contributed by atoms with Crippen LogP contribution < -0.4 is 29.6 Å². The molecule has 0 fully saturated rings. The fraction of sp³-hybridized carbons (Fsp3) is 0.615. The average Bonchev–Trinajstić information content (AvgIpc) is 2.73. The second-order valence-electron chi connectivity index (χ2n) is 8.58. The van der Waals surface area contributed by atoms with Crippen molar-refractivity contribution in [3.8, 4) is 0 Å². The van der Waals surface area contributed by atoms with Crippen molar-refractivity contribution < 1.29 is 42.5 Å². The summed E-state index contributed by atoms with van der Waals surface area (Å²) in [5, 5.41) is 2.06. The summed E-state index contributed by atoms with van der Waals surface area (Å²) in [6.45, 7) is 4.45. The van der Waals surface area contributed by atoms with Crippen molar-refractivity contribution in [2.45, 2.75) is 109 Å². The van der Waals surface area contributed by atoms with Gasteiger partial charge in [-0.3, -0.25) is 0 Å². The first kappa shape index (κ1) is 28.6. The first-order valence-electron chi connectivity index (χ1n) is 12.0. The Hall–Kier alpha value is -0.390. The van der Waals surface area contributed by atoms with Crippen molar-refractivity contribution in [2.75, 3.05) is 0 Å². The minimum atomic E-state index is -4.44. The molecule has 0 saturated heterocycles. The zero-order chi connectivity index (χ0) is 21.8. The van der Waals surface area contributed by atoms with E-state index in [4.69, 9.17) is 0 Å². The normalized spacial score (nSPS) is 11.6. The third-order valence-corrected chi connectivity index (χ3v) is 6.89. The van der Waals surface area contributed by atoms with E-state index in [1.807, 2.05) is 6.07 Å². The maximum absolute atomic E-state index is 11.6. The van der Waals surface area contributed by atoms with Gasteiger partial charge in [-0.2, -0.15) is 0 Å². The third kappa shape index (κ3) is 9.96. The Kier molecular flexibility index (Phi) is 14.3. The van der Waals surface area contributed by atoms with Crippen molar-refractivity contribution in [3.63, 3.8) is 0 Å². The zero-order valence-corrected chi connectivity index (χ0v) is 22.7. The van der Waals surface area contributed by atoms with Gasteiger partial charge in [-0.25, -0.2) is 8.42 Å². The van der Waals surface area contributed by atoms with Gasteiger partial charge >= 0.3 is 29.6 Å². The van der Waals surface area contributed by atoms with E-state index in [1.165, 1.54) is 75.8 Å². The van der Waals surface area contributed by atoms with Gasteiger partial charge in [0.2, 0.25) is 0 Å². The first-order valence-corrected chi connectivity index (χ1v) is 13.4. The van der Waals surface area contributed by atoms with Crippen molar-refractivity contribution in [1.82, 2.24) is 0 Å². The molecule has 0 N–H and O–H groups in total. The van der Waals surface area contributed by atoms with Gasteiger partial charge < -0.3 is 4.55 Å². The summed E-state index contributed by atoms with van der Waals surface area (Å²) < 4.78 is 34.7. The monoisotopic (exact) mass is 454 g/mol. The molecule has 0 atom stereocenters. The number of hydrogen-bond donors (Lipinski definition) is 0. The molecule has 2 aromatic carbocycles. The third-order valence-electron chi connectivity index (χ3n) is 6.06. The summed E-state index contributed by atoms with van der Waals surface area (Å²) in [6, 6.07) is 9.30. The molecule has 0 aliphatic carbocycles. The number of fused-ring (bicyclic) bond motifs is 1. The van der Waals surface area contributed by atoms with E-state index >= 15 is 0 Å². The predicted octanol–water partition coefficient (Wildman–Crippen LogP) is 4.55. The minimum absolute atomic E-state index is 0. The SMILES string of the molecule is CCCCCCCCc1ccc(CCCCCCCC)c2cc(S(=O)(=O)[O-])ccc12.[Na+]. The van der Waals surface area contributed by atoms with Crippen LogP contribution in [-0.2, 0) is 23.0 Å². The van der Waals surface area contributed by atoms with E-state index in [-0.39, 0.29) is 34.5 Å². The molecule has 0 bridgehead atoms. The Bertz CT molecular complexity index is 878. The van der Waals surface area contributed by atoms with Crippen molar-refractivity contribution in [2.24, 2.45) is 0 Å². The van der Waals surface area contributed by atoms with Crippen LogP contribution in [0.15, 0.2) is 35.2 Å². The van der Waals surface area contributed by atoms with Crippen LogP contribution in [0.3, 0.4) is 0 Å². The summed E-state index contributed by atoms with van der Waals surface area (Å²) in [5.74, 6) is 0. The molecule has 5 heteroatoms. The molecule has 0 aromatic heterocycles. The molecule has 0 unspecified atom stereocenters. The van der Waals surface area contributed by atoms with Crippen LogP contribution in [0.5, 0.6) is 0 Å². The van der Waals surface area contributed by atoms with E-state index in [0.717, 1.165) is 42.0 Å². The van der Waals surface area contributed by atoms with Gasteiger partial charge in [-0.05, 0) is 59.7 Å². The quantitative estimate of drug-likeness (QED) is 0.225. The molecule has 0 radical (unpaired) electrons. The zero-order valence-electron chi connectivity index (χ0n) is 19.9. The van der Waals surface area contributed by atoms with E-state index in [2.05, 4.69) is 26.0 Å². The van der Waals surface area contributed by atoms with Gasteiger partial charge in [0.1, 0.15) is 10.1 Å². The largest absolute Gasteiger partial charge is 1.00 e. The number of benzene rings is 2. The fourth-order valence-electron chi connectivity index (χ4n) is 4.23. The molecule has 0 heterocycles. The Morgan fingerprint density at radius 3 is 1.58 bits per heavy atom. The molecule has 2 rings (SSSR count). The molecule has 0 saturated carbocycles. The van der Waals surface area contributed by atoms with Gasteiger partial charge in [0, 0.05) is 0 Å². The van der Waals surface area contributed by atoms with E-state index in [1.54, 1.807) is 6.07 Å². The Morgan fingerprint density at radius 1 is 0.645 bits per heavy atom. The molecule has 0 amide bonds. The molecule has 168 valence electrons. The smallest absolute Gasteiger partial charge is 0.744 e. The van der Waals surface area contributed by atoms with Gasteiger partial charge in [0.15, 0.2) is 0 Å².